The van der Waals surface area contributed by atoms with Gasteiger partial charge in [0, 0.05) is 15.7 Å². The summed E-state index contributed by atoms with van der Waals surface area (Å²) in [6.07, 6.45) is 4.47. The smallest absolute Gasteiger partial charge is 0.0613 e. The maximum atomic E-state index is 9.75. The van der Waals surface area contributed by atoms with Crippen molar-refractivity contribution in [3.8, 4) is 0 Å². The standard InChI is InChI=1S/C18H29NOS/c1-4-11-19-18(13-20)10-9-17(12-18)21-16-7-5-15(6-8-16)14(2)3/h5-8,14,17,19-20H,4,9-13H2,1-3H3. The zero-order chi connectivity index (χ0) is 15.3. The molecule has 1 aromatic rings. The van der Waals surface area contributed by atoms with Crippen molar-refractivity contribution in [2.24, 2.45) is 0 Å². The van der Waals surface area contributed by atoms with Crippen LogP contribution in [-0.2, 0) is 0 Å². The lowest BCUT2D eigenvalue weighted by atomic mass is 9.99. The second-order valence-electron chi connectivity index (χ2n) is 6.57. The molecule has 2 atom stereocenters. The third-order valence-corrected chi connectivity index (χ3v) is 5.75. The molecule has 1 fully saturated rings. The van der Waals surface area contributed by atoms with E-state index in [2.05, 4.69) is 50.4 Å². The van der Waals surface area contributed by atoms with Gasteiger partial charge >= 0.3 is 0 Å². The van der Waals surface area contributed by atoms with E-state index >= 15 is 0 Å². The van der Waals surface area contributed by atoms with Crippen molar-refractivity contribution >= 4 is 11.8 Å². The number of benzene rings is 1. The molecule has 3 heteroatoms. The molecule has 0 bridgehead atoms. The highest BCUT2D eigenvalue weighted by molar-refractivity contribution is 8.00. The van der Waals surface area contributed by atoms with Crippen LogP contribution in [-0.4, -0.2) is 29.0 Å². The van der Waals surface area contributed by atoms with E-state index < -0.39 is 0 Å². The monoisotopic (exact) mass is 307 g/mol. The molecule has 21 heavy (non-hydrogen) atoms. The molecule has 0 radical (unpaired) electrons. The first-order valence-electron chi connectivity index (χ1n) is 8.21. The number of hydrogen-bond acceptors (Lipinski definition) is 3. The van der Waals surface area contributed by atoms with E-state index in [1.54, 1.807) is 0 Å². The van der Waals surface area contributed by atoms with Crippen molar-refractivity contribution in [1.29, 1.82) is 0 Å². The van der Waals surface area contributed by atoms with Crippen molar-refractivity contribution in [3.05, 3.63) is 29.8 Å². The van der Waals surface area contributed by atoms with E-state index in [4.69, 9.17) is 0 Å². The molecule has 0 saturated heterocycles. The molecule has 2 rings (SSSR count). The van der Waals surface area contributed by atoms with Gasteiger partial charge in [0.1, 0.15) is 0 Å². The third kappa shape index (κ3) is 4.48. The molecule has 0 aromatic heterocycles. The Hall–Kier alpha value is -0.510. The lowest BCUT2D eigenvalue weighted by molar-refractivity contribution is 0.165. The first kappa shape index (κ1) is 16.9. The lowest BCUT2D eigenvalue weighted by Gasteiger charge is -2.28. The minimum absolute atomic E-state index is 0.0362. The van der Waals surface area contributed by atoms with E-state index in [-0.39, 0.29) is 12.1 Å². The lowest BCUT2D eigenvalue weighted by Crippen LogP contribution is -2.46. The summed E-state index contributed by atoms with van der Waals surface area (Å²) in [5.41, 5.74) is 1.37. The fraction of sp³-hybridized carbons (Fsp3) is 0.667. The SMILES string of the molecule is CCCNC1(CO)CCC(Sc2ccc(C(C)C)cc2)C1. The molecule has 0 aliphatic heterocycles. The van der Waals surface area contributed by atoms with Gasteiger partial charge in [-0.2, -0.15) is 0 Å². The van der Waals surface area contributed by atoms with Gasteiger partial charge in [-0.15, -0.1) is 11.8 Å². The van der Waals surface area contributed by atoms with Crippen LogP contribution in [0.3, 0.4) is 0 Å². The quantitative estimate of drug-likeness (QED) is 0.792. The van der Waals surface area contributed by atoms with Gasteiger partial charge < -0.3 is 10.4 Å². The van der Waals surface area contributed by atoms with Crippen LogP contribution in [0.4, 0.5) is 0 Å². The largest absolute Gasteiger partial charge is 0.394 e. The summed E-state index contributed by atoms with van der Waals surface area (Å²) in [5.74, 6) is 0.593. The van der Waals surface area contributed by atoms with Crippen LogP contribution < -0.4 is 5.32 Å². The second kappa shape index (κ2) is 7.66. The molecular weight excluding hydrogens is 278 g/mol. The zero-order valence-corrected chi connectivity index (χ0v) is 14.4. The highest BCUT2D eigenvalue weighted by atomic mass is 32.2. The van der Waals surface area contributed by atoms with E-state index in [9.17, 15) is 5.11 Å². The minimum Gasteiger partial charge on any atom is -0.394 e. The van der Waals surface area contributed by atoms with E-state index in [1.165, 1.54) is 16.9 Å². The van der Waals surface area contributed by atoms with E-state index in [0.717, 1.165) is 25.8 Å². The average molecular weight is 308 g/mol. The average Bonchev–Trinajstić information content (AvgIpc) is 2.89. The van der Waals surface area contributed by atoms with Gasteiger partial charge in [-0.1, -0.05) is 32.9 Å². The second-order valence-corrected chi connectivity index (χ2v) is 7.95. The molecule has 1 aromatic carbocycles. The summed E-state index contributed by atoms with van der Waals surface area (Å²) in [5, 5.41) is 13.9. The van der Waals surface area contributed by atoms with Crippen LogP contribution in [0.1, 0.15) is 57.9 Å². The summed E-state index contributed by atoms with van der Waals surface area (Å²) in [4.78, 5) is 1.36. The Bertz CT molecular complexity index is 431. The molecule has 0 spiro atoms. The fourth-order valence-electron chi connectivity index (χ4n) is 3.05. The van der Waals surface area contributed by atoms with Crippen LogP contribution in [0.15, 0.2) is 29.2 Å². The number of hydrogen-bond donors (Lipinski definition) is 2. The highest BCUT2D eigenvalue weighted by Gasteiger charge is 2.38. The summed E-state index contributed by atoms with van der Waals surface area (Å²) < 4.78 is 0. The van der Waals surface area contributed by atoms with Crippen LogP contribution >= 0.6 is 11.8 Å². The predicted octanol–water partition coefficient (Wildman–Crippen LogP) is 4.19. The Morgan fingerprint density at radius 1 is 1.33 bits per heavy atom. The highest BCUT2D eigenvalue weighted by Crippen LogP contribution is 2.40. The van der Waals surface area contributed by atoms with Crippen molar-refractivity contribution in [1.82, 2.24) is 5.32 Å². The van der Waals surface area contributed by atoms with Crippen molar-refractivity contribution in [3.63, 3.8) is 0 Å². The molecule has 1 saturated carbocycles. The van der Waals surface area contributed by atoms with E-state index in [0.29, 0.717) is 11.2 Å². The first-order chi connectivity index (χ1) is 10.1. The Morgan fingerprint density at radius 3 is 2.62 bits per heavy atom. The normalized spacial score (nSPS) is 25.7. The number of aliphatic hydroxyl groups excluding tert-OH is 1. The van der Waals surface area contributed by atoms with Crippen molar-refractivity contribution in [2.45, 2.75) is 68.1 Å². The zero-order valence-electron chi connectivity index (χ0n) is 13.6. The number of thioether (sulfide) groups is 1. The molecule has 1 aliphatic rings. The fourth-order valence-corrected chi connectivity index (χ4v) is 4.37. The maximum absolute atomic E-state index is 9.75. The third-order valence-electron chi connectivity index (χ3n) is 4.47. The summed E-state index contributed by atoms with van der Waals surface area (Å²) >= 11 is 1.97. The van der Waals surface area contributed by atoms with Crippen LogP contribution in [0.5, 0.6) is 0 Å². The van der Waals surface area contributed by atoms with Gasteiger partial charge in [0.15, 0.2) is 0 Å². The minimum atomic E-state index is -0.0362. The van der Waals surface area contributed by atoms with Crippen LogP contribution in [0, 0.1) is 0 Å². The van der Waals surface area contributed by atoms with Crippen molar-refractivity contribution in [2.75, 3.05) is 13.2 Å². The molecule has 0 amide bonds. The summed E-state index contributed by atoms with van der Waals surface area (Å²) in [7, 11) is 0. The first-order valence-corrected chi connectivity index (χ1v) is 9.09. The maximum Gasteiger partial charge on any atom is 0.0613 e. The Balaban J connectivity index is 1.92. The van der Waals surface area contributed by atoms with Gasteiger partial charge in [-0.25, -0.2) is 0 Å². The van der Waals surface area contributed by atoms with Crippen molar-refractivity contribution < 1.29 is 5.11 Å². The number of rotatable bonds is 7. The number of nitrogens with one attached hydrogen (secondary N) is 1. The molecular formula is C18H29NOS. The van der Waals surface area contributed by atoms with Gasteiger partial charge in [-0.05, 0) is 55.8 Å². The Kier molecular flexibility index (Phi) is 6.15. The Morgan fingerprint density at radius 2 is 2.05 bits per heavy atom. The summed E-state index contributed by atoms with van der Waals surface area (Å²) in [6.45, 7) is 7.90. The molecule has 2 N–H and O–H groups in total. The van der Waals surface area contributed by atoms with Crippen LogP contribution in [0.25, 0.3) is 0 Å². The molecule has 118 valence electrons. The van der Waals surface area contributed by atoms with Gasteiger partial charge in [-0.3, -0.25) is 0 Å². The number of aliphatic hydroxyl groups is 1. The topological polar surface area (TPSA) is 32.3 Å². The van der Waals surface area contributed by atoms with Gasteiger partial charge in [0.05, 0.1) is 6.61 Å². The molecule has 0 heterocycles. The predicted molar refractivity (Wildman–Crippen MR) is 92.1 cm³/mol. The van der Waals surface area contributed by atoms with Gasteiger partial charge in [0.2, 0.25) is 0 Å². The Labute approximate surface area is 133 Å². The molecule has 1 aliphatic carbocycles. The van der Waals surface area contributed by atoms with Gasteiger partial charge in [0.25, 0.3) is 0 Å². The van der Waals surface area contributed by atoms with E-state index in [1.807, 2.05) is 11.8 Å². The van der Waals surface area contributed by atoms with Crippen LogP contribution in [0.2, 0.25) is 0 Å². The molecule has 2 nitrogen and oxygen atoms in total. The molecule has 2 unspecified atom stereocenters. The summed E-state index contributed by atoms with van der Waals surface area (Å²) in [6, 6.07) is 8.99.